The molecule has 0 aromatic heterocycles. The van der Waals surface area contributed by atoms with Crippen molar-refractivity contribution in [2.45, 2.75) is 30.6 Å². The minimum atomic E-state index is -1.56. The highest BCUT2D eigenvalue weighted by Gasteiger charge is 2.44. The average molecular weight is 237 g/mol. The van der Waals surface area contributed by atoms with E-state index >= 15 is 0 Å². The molecule has 0 radical (unpaired) electrons. The largest absolute Gasteiger partial charge is 0.394 e. The zero-order valence-corrected chi connectivity index (χ0v) is 8.35. The quantitative estimate of drug-likeness (QED) is 0.293. The Labute approximate surface area is 91.1 Å². The van der Waals surface area contributed by atoms with Crippen LogP contribution >= 0.6 is 0 Å². The number of amides is 1. The van der Waals surface area contributed by atoms with Gasteiger partial charge in [0.05, 0.1) is 6.61 Å². The maximum Gasteiger partial charge on any atom is 0.246 e. The molecular weight excluding hydrogens is 222 g/mol. The number of ether oxygens (including phenoxy) is 1. The van der Waals surface area contributed by atoms with Crippen LogP contribution in [0.3, 0.4) is 0 Å². The molecule has 1 amide bonds. The maximum absolute atomic E-state index is 10.9. The van der Waals surface area contributed by atoms with Gasteiger partial charge in [-0.2, -0.15) is 0 Å². The first kappa shape index (κ1) is 13.3. The number of carbonyl (C=O) groups is 1. The van der Waals surface area contributed by atoms with Crippen molar-refractivity contribution in [2.75, 3.05) is 13.2 Å². The normalized spacial score (nSPS) is 39.4. The molecule has 1 fully saturated rings. The molecule has 6 N–H and O–H groups in total. The van der Waals surface area contributed by atoms with E-state index in [4.69, 9.17) is 14.9 Å². The fraction of sp³-hybridized carbons (Fsp3) is 0.875. The average Bonchev–Trinajstić information content (AvgIpc) is 2.28. The summed E-state index contributed by atoms with van der Waals surface area (Å²) in [6, 6.07) is -1.25. The first-order chi connectivity index (χ1) is 7.51. The molecule has 5 atom stereocenters. The summed E-state index contributed by atoms with van der Waals surface area (Å²) in [6.45, 7) is -1.38. The van der Waals surface area contributed by atoms with Gasteiger partial charge in [0.25, 0.3) is 0 Å². The van der Waals surface area contributed by atoms with E-state index in [0.717, 1.165) is 0 Å². The molecule has 1 heterocycles. The van der Waals surface area contributed by atoms with Gasteiger partial charge in [-0.1, -0.05) is 0 Å². The van der Waals surface area contributed by atoms with Crippen molar-refractivity contribution in [2.24, 2.45) is 0 Å². The number of aliphatic hydroxyl groups excluding tert-OH is 5. The number of aliphatic hydroxyl groups is 5. The third-order valence-corrected chi connectivity index (χ3v) is 2.37. The molecule has 0 unspecified atom stereocenters. The lowest BCUT2D eigenvalue weighted by molar-refractivity contribution is -0.254. The van der Waals surface area contributed by atoms with Gasteiger partial charge in [0.1, 0.15) is 31.0 Å². The molecule has 1 aliphatic rings. The SMILES string of the molecule is O=C(CO)N[C@H]1[C@@H](O)[C@H](O)[C@@H](CO)O[C@@H]1O. The fourth-order valence-electron chi connectivity index (χ4n) is 1.48. The van der Waals surface area contributed by atoms with E-state index in [1.807, 2.05) is 0 Å². The summed E-state index contributed by atoms with van der Waals surface area (Å²) >= 11 is 0. The molecule has 16 heavy (non-hydrogen) atoms. The maximum atomic E-state index is 10.9. The summed E-state index contributed by atoms with van der Waals surface area (Å²) in [5.41, 5.74) is 0. The number of hydrogen-bond acceptors (Lipinski definition) is 7. The molecular formula is C8H15NO7. The highest BCUT2D eigenvalue weighted by atomic mass is 16.6. The number of rotatable bonds is 3. The van der Waals surface area contributed by atoms with Crippen LogP contribution in [0.1, 0.15) is 0 Å². The van der Waals surface area contributed by atoms with E-state index in [0.29, 0.717) is 0 Å². The Morgan fingerprint density at radius 3 is 2.31 bits per heavy atom. The molecule has 0 aromatic rings. The second kappa shape index (κ2) is 5.53. The fourth-order valence-corrected chi connectivity index (χ4v) is 1.48. The first-order valence-electron chi connectivity index (χ1n) is 4.72. The molecule has 0 aromatic carbocycles. The van der Waals surface area contributed by atoms with Crippen molar-refractivity contribution >= 4 is 5.91 Å². The van der Waals surface area contributed by atoms with E-state index in [2.05, 4.69) is 5.32 Å². The van der Waals surface area contributed by atoms with Crippen molar-refractivity contribution in [1.29, 1.82) is 0 Å². The molecule has 94 valence electrons. The van der Waals surface area contributed by atoms with Crippen LogP contribution in [0.25, 0.3) is 0 Å². The topological polar surface area (TPSA) is 139 Å². The van der Waals surface area contributed by atoms with Gasteiger partial charge >= 0.3 is 0 Å². The minimum absolute atomic E-state index is 0.573. The van der Waals surface area contributed by atoms with Gasteiger partial charge in [0, 0.05) is 0 Å². The summed E-state index contributed by atoms with van der Waals surface area (Å²) in [4.78, 5) is 10.9. The Kier molecular flexibility index (Phi) is 4.59. The lowest BCUT2D eigenvalue weighted by Crippen LogP contribution is -2.64. The van der Waals surface area contributed by atoms with Crippen LogP contribution in [-0.2, 0) is 9.53 Å². The van der Waals surface area contributed by atoms with Crippen LogP contribution in [0, 0.1) is 0 Å². The Bertz CT molecular complexity index is 249. The van der Waals surface area contributed by atoms with E-state index in [-0.39, 0.29) is 0 Å². The molecule has 0 spiro atoms. The molecule has 8 heteroatoms. The molecule has 1 rings (SSSR count). The Balaban J connectivity index is 2.67. The first-order valence-corrected chi connectivity index (χ1v) is 4.72. The Morgan fingerprint density at radius 1 is 1.19 bits per heavy atom. The second-order valence-electron chi connectivity index (χ2n) is 3.48. The van der Waals surface area contributed by atoms with Gasteiger partial charge in [-0.05, 0) is 0 Å². The summed E-state index contributed by atoms with van der Waals surface area (Å²) in [5.74, 6) is -0.818. The molecule has 1 saturated heterocycles. The predicted octanol–water partition coefficient (Wildman–Crippen LogP) is -4.11. The third kappa shape index (κ3) is 2.67. The van der Waals surface area contributed by atoms with Crippen LogP contribution in [-0.4, -0.2) is 75.3 Å². The second-order valence-corrected chi connectivity index (χ2v) is 3.48. The van der Waals surface area contributed by atoms with Crippen molar-refractivity contribution in [1.82, 2.24) is 5.32 Å². The van der Waals surface area contributed by atoms with Crippen LogP contribution in [0.5, 0.6) is 0 Å². The van der Waals surface area contributed by atoms with Crippen molar-refractivity contribution in [3.63, 3.8) is 0 Å². The summed E-state index contributed by atoms with van der Waals surface area (Å²) in [7, 11) is 0. The lowest BCUT2D eigenvalue weighted by Gasteiger charge is -2.40. The zero-order chi connectivity index (χ0) is 12.3. The minimum Gasteiger partial charge on any atom is -0.394 e. The van der Waals surface area contributed by atoms with Crippen molar-refractivity contribution < 1.29 is 35.1 Å². The molecule has 8 nitrogen and oxygen atoms in total. The summed E-state index contributed by atoms with van der Waals surface area (Å²) in [6.07, 6.45) is -5.60. The van der Waals surface area contributed by atoms with Crippen LogP contribution < -0.4 is 5.32 Å². The summed E-state index contributed by atoms with van der Waals surface area (Å²) in [5, 5.41) is 47.8. The van der Waals surface area contributed by atoms with Crippen LogP contribution in [0.4, 0.5) is 0 Å². The van der Waals surface area contributed by atoms with Gasteiger partial charge in [0.15, 0.2) is 6.29 Å². The highest BCUT2D eigenvalue weighted by Crippen LogP contribution is 2.19. The van der Waals surface area contributed by atoms with Gasteiger partial charge < -0.3 is 35.6 Å². The third-order valence-electron chi connectivity index (χ3n) is 2.37. The van der Waals surface area contributed by atoms with E-state index in [1.54, 1.807) is 0 Å². The number of hydrogen-bond donors (Lipinski definition) is 6. The van der Waals surface area contributed by atoms with Gasteiger partial charge in [-0.3, -0.25) is 4.79 Å². The monoisotopic (exact) mass is 237 g/mol. The molecule has 0 aliphatic carbocycles. The zero-order valence-electron chi connectivity index (χ0n) is 8.35. The van der Waals surface area contributed by atoms with E-state index < -0.39 is 49.8 Å². The van der Waals surface area contributed by atoms with Crippen molar-refractivity contribution in [3.8, 4) is 0 Å². The Hall–Kier alpha value is -0.770. The van der Waals surface area contributed by atoms with Gasteiger partial charge in [-0.25, -0.2) is 0 Å². The smallest absolute Gasteiger partial charge is 0.246 e. The van der Waals surface area contributed by atoms with E-state index in [1.165, 1.54) is 0 Å². The van der Waals surface area contributed by atoms with E-state index in [9.17, 15) is 20.1 Å². The summed E-state index contributed by atoms with van der Waals surface area (Å²) < 4.78 is 4.78. The molecule has 1 aliphatic heterocycles. The molecule has 0 saturated carbocycles. The van der Waals surface area contributed by atoms with Crippen LogP contribution in [0.2, 0.25) is 0 Å². The van der Waals surface area contributed by atoms with Gasteiger partial charge in [-0.15, -0.1) is 0 Å². The number of nitrogens with one attached hydrogen (secondary N) is 1. The highest BCUT2D eigenvalue weighted by molar-refractivity contribution is 5.77. The van der Waals surface area contributed by atoms with Crippen LogP contribution in [0.15, 0.2) is 0 Å². The lowest BCUT2D eigenvalue weighted by atomic mass is 9.97. The standard InChI is InChI=1S/C8H15NO7/c10-1-3-6(13)7(14)5(8(15)16-3)9-4(12)2-11/h3,5-8,10-11,13-15H,1-2H2,(H,9,12)/t3-,5+,6-,7-,8+/m1/s1. The van der Waals surface area contributed by atoms with Crippen molar-refractivity contribution in [3.05, 3.63) is 0 Å². The number of carbonyl (C=O) groups excluding carboxylic acids is 1. The Morgan fingerprint density at radius 2 is 1.81 bits per heavy atom. The van der Waals surface area contributed by atoms with Gasteiger partial charge in [0.2, 0.25) is 5.91 Å². The molecule has 0 bridgehead atoms. The predicted molar refractivity (Wildman–Crippen MR) is 49.0 cm³/mol.